The van der Waals surface area contributed by atoms with E-state index in [1.807, 2.05) is 31.2 Å². The summed E-state index contributed by atoms with van der Waals surface area (Å²) in [5, 5.41) is 14.9. The summed E-state index contributed by atoms with van der Waals surface area (Å²) in [5.74, 6) is -1.56. The first kappa shape index (κ1) is 22.8. The van der Waals surface area contributed by atoms with Crippen molar-refractivity contribution < 1.29 is 24.2 Å². The maximum Gasteiger partial charge on any atom is 0.407 e. The number of alkyl carbamates (subject to hydrolysis) is 1. The highest BCUT2D eigenvalue weighted by molar-refractivity contribution is 5.79. The molecule has 0 aromatic heterocycles. The van der Waals surface area contributed by atoms with Crippen LogP contribution in [-0.2, 0) is 14.3 Å². The lowest BCUT2D eigenvalue weighted by molar-refractivity contribution is -0.142. The van der Waals surface area contributed by atoms with Crippen LogP contribution in [0.4, 0.5) is 4.79 Å². The van der Waals surface area contributed by atoms with Crippen LogP contribution in [0.1, 0.15) is 56.1 Å². The quantitative estimate of drug-likeness (QED) is 0.563. The maximum absolute atomic E-state index is 12.4. The highest BCUT2D eigenvalue weighted by Gasteiger charge is 2.34. The summed E-state index contributed by atoms with van der Waals surface area (Å²) in [7, 11) is 0. The van der Waals surface area contributed by atoms with Crippen molar-refractivity contribution in [3.63, 3.8) is 0 Å². The van der Waals surface area contributed by atoms with Crippen LogP contribution >= 0.6 is 0 Å². The SMILES string of the molecule is CC(CCC(=O)NC1CCCC1C(=O)O)NC(=O)OCC1c2ccccc2-c2ccccc21. The predicted molar refractivity (Wildman–Crippen MR) is 124 cm³/mol. The number of nitrogens with one attached hydrogen (secondary N) is 2. The minimum atomic E-state index is -0.858. The third-order valence-electron chi connectivity index (χ3n) is 6.69. The zero-order chi connectivity index (χ0) is 23.4. The fourth-order valence-corrected chi connectivity index (χ4v) is 4.97. The lowest BCUT2D eigenvalue weighted by Crippen LogP contribution is -2.41. The number of rotatable bonds is 8. The number of carboxylic acids is 1. The fourth-order valence-electron chi connectivity index (χ4n) is 4.97. The monoisotopic (exact) mass is 450 g/mol. The topological polar surface area (TPSA) is 105 Å². The molecule has 7 nitrogen and oxygen atoms in total. The second-order valence-electron chi connectivity index (χ2n) is 8.96. The summed E-state index contributed by atoms with van der Waals surface area (Å²) in [6.45, 7) is 2.07. The molecule has 2 aliphatic rings. The Morgan fingerprint density at radius 2 is 1.67 bits per heavy atom. The smallest absolute Gasteiger partial charge is 0.407 e. The number of hydrogen-bond donors (Lipinski definition) is 3. The van der Waals surface area contributed by atoms with Gasteiger partial charge in [-0.25, -0.2) is 4.79 Å². The third-order valence-corrected chi connectivity index (χ3v) is 6.69. The first-order chi connectivity index (χ1) is 15.9. The summed E-state index contributed by atoms with van der Waals surface area (Å²) in [6, 6.07) is 15.8. The molecular weight excluding hydrogens is 420 g/mol. The van der Waals surface area contributed by atoms with E-state index < -0.39 is 18.0 Å². The van der Waals surface area contributed by atoms with Crippen molar-refractivity contribution in [2.24, 2.45) is 5.92 Å². The lowest BCUT2D eigenvalue weighted by atomic mass is 9.98. The highest BCUT2D eigenvalue weighted by atomic mass is 16.5. The number of fused-ring (bicyclic) bond motifs is 3. The summed E-state index contributed by atoms with van der Waals surface area (Å²) in [6.07, 6.45) is 2.25. The van der Waals surface area contributed by atoms with E-state index in [1.165, 1.54) is 11.1 Å². The van der Waals surface area contributed by atoms with Crippen LogP contribution in [0.25, 0.3) is 11.1 Å². The van der Waals surface area contributed by atoms with Crippen LogP contribution in [0.5, 0.6) is 0 Å². The molecule has 2 aliphatic carbocycles. The van der Waals surface area contributed by atoms with E-state index in [0.29, 0.717) is 19.3 Å². The molecule has 2 aromatic carbocycles. The van der Waals surface area contributed by atoms with Crippen LogP contribution in [0.3, 0.4) is 0 Å². The standard InChI is InChI=1S/C26H30N2O5/c1-16(13-14-24(29)28-23-12-6-11-21(23)25(30)31)27-26(32)33-15-22-19-9-4-2-7-17(19)18-8-3-5-10-20(18)22/h2-5,7-10,16,21-23H,6,11-15H2,1H3,(H,27,32)(H,28,29)(H,30,31). The summed E-state index contributed by atoms with van der Waals surface area (Å²) < 4.78 is 5.55. The number of amides is 2. The first-order valence-electron chi connectivity index (χ1n) is 11.6. The molecule has 0 spiro atoms. The number of ether oxygens (including phenoxy) is 1. The van der Waals surface area contributed by atoms with Gasteiger partial charge in [-0.15, -0.1) is 0 Å². The van der Waals surface area contributed by atoms with Gasteiger partial charge < -0.3 is 20.5 Å². The van der Waals surface area contributed by atoms with Gasteiger partial charge in [0.15, 0.2) is 0 Å². The molecule has 1 saturated carbocycles. The second-order valence-corrected chi connectivity index (χ2v) is 8.96. The molecule has 0 heterocycles. The first-order valence-corrected chi connectivity index (χ1v) is 11.6. The maximum atomic E-state index is 12.4. The van der Waals surface area contributed by atoms with Gasteiger partial charge in [-0.3, -0.25) is 9.59 Å². The van der Waals surface area contributed by atoms with Crippen molar-refractivity contribution in [1.82, 2.24) is 10.6 Å². The van der Waals surface area contributed by atoms with Crippen molar-refractivity contribution in [1.29, 1.82) is 0 Å². The molecule has 0 saturated heterocycles. The average molecular weight is 451 g/mol. The molecule has 2 aromatic rings. The Labute approximate surface area is 193 Å². The van der Waals surface area contributed by atoms with Crippen LogP contribution in [0.2, 0.25) is 0 Å². The van der Waals surface area contributed by atoms with Gasteiger partial charge in [-0.2, -0.15) is 0 Å². The normalized spacial score (nSPS) is 19.9. The van der Waals surface area contributed by atoms with Gasteiger partial charge >= 0.3 is 12.1 Å². The summed E-state index contributed by atoms with van der Waals surface area (Å²) in [5.41, 5.74) is 4.66. The van der Waals surface area contributed by atoms with Crippen LogP contribution in [0.15, 0.2) is 48.5 Å². The number of carbonyl (C=O) groups excluding carboxylic acids is 2. The van der Waals surface area contributed by atoms with E-state index in [4.69, 9.17) is 4.74 Å². The van der Waals surface area contributed by atoms with Gasteiger partial charge in [-0.05, 0) is 48.4 Å². The minimum absolute atomic E-state index is 0.00201. The molecule has 0 aliphatic heterocycles. The van der Waals surface area contributed by atoms with E-state index in [9.17, 15) is 19.5 Å². The molecule has 2 amide bonds. The molecule has 3 N–H and O–H groups in total. The van der Waals surface area contributed by atoms with Crippen molar-refractivity contribution in [3.05, 3.63) is 59.7 Å². The predicted octanol–water partition coefficient (Wildman–Crippen LogP) is 4.06. The lowest BCUT2D eigenvalue weighted by Gasteiger charge is -2.19. The third kappa shape index (κ3) is 5.18. The summed E-state index contributed by atoms with van der Waals surface area (Å²) in [4.78, 5) is 35.9. The number of aliphatic carboxylic acids is 1. The van der Waals surface area contributed by atoms with E-state index in [2.05, 4.69) is 34.9 Å². The second kappa shape index (κ2) is 10.1. The molecule has 0 bridgehead atoms. The van der Waals surface area contributed by atoms with E-state index in [-0.39, 0.29) is 36.9 Å². The molecular formula is C26H30N2O5. The molecule has 33 heavy (non-hydrogen) atoms. The van der Waals surface area contributed by atoms with Crippen LogP contribution in [0, 0.1) is 5.92 Å². The van der Waals surface area contributed by atoms with Crippen molar-refractivity contribution in [3.8, 4) is 11.1 Å². The number of hydrogen-bond acceptors (Lipinski definition) is 4. The Balaban J connectivity index is 1.23. The zero-order valence-electron chi connectivity index (χ0n) is 18.8. The van der Waals surface area contributed by atoms with Gasteiger partial charge in [0, 0.05) is 24.4 Å². The Morgan fingerprint density at radius 3 is 2.30 bits per heavy atom. The molecule has 7 heteroatoms. The zero-order valence-corrected chi connectivity index (χ0v) is 18.8. The number of benzene rings is 2. The van der Waals surface area contributed by atoms with Crippen LogP contribution < -0.4 is 10.6 Å². The van der Waals surface area contributed by atoms with Gasteiger partial charge in [-0.1, -0.05) is 55.0 Å². The molecule has 3 unspecified atom stereocenters. The molecule has 3 atom stereocenters. The molecule has 1 fully saturated rings. The van der Waals surface area contributed by atoms with E-state index in [1.54, 1.807) is 0 Å². The Bertz CT molecular complexity index is 991. The fraction of sp³-hybridized carbons (Fsp3) is 0.423. The Kier molecular flexibility index (Phi) is 6.96. The van der Waals surface area contributed by atoms with Crippen molar-refractivity contribution >= 4 is 18.0 Å². The van der Waals surface area contributed by atoms with Gasteiger partial charge in [0.2, 0.25) is 5.91 Å². The summed E-state index contributed by atoms with van der Waals surface area (Å²) >= 11 is 0. The minimum Gasteiger partial charge on any atom is -0.481 e. The van der Waals surface area contributed by atoms with Gasteiger partial charge in [0.05, 0.1) is 5.92 Å². The van der Waals surface area contributed by atoms with Crippen LogP contribution in [-0.4, -0.2) is 41.8 Å². The van der Waals surface area contributed by atoms with Crippen molar-refractivity contribution in [2.45, 2.75) is 57.0 Å². The Morgan fingerprint density at radius 1 is 1.03 bits per heavy atom. The molecule has 0 radical (unpaired) electrons. The number of carbonyl (C=O) groups is 3. The molecule has 174 valence electrons. The van der Waals surface area contributed by atoms with Crippen molar-refractivity contribution in [2.75, 3.05) is 6.61 Å². The van der Waals surface area contributed by atoms with E-state index >= 15 is 0 Å². The molecule has 4 rings (SSSR count). The van der Waals surface area contributed by atoms with E-state index in [0.717, 1.165) is 17.5 Å². The largest absolute Gasteiger partial charge is 0.481 e. The van der Waals surface area contributed by atoms with Gasteiger partial charge in [0.25, 0.3) is 0 Å². The van der Waals surface area contributed by atoms with Gasteiger partial charge in [0.1, 0.15) is 6.61 Å². The highest BCUT2D eigenvalue weighted by Crippen LogP contribution is 2.44. The Hall–Kier alpha value is -3.35. The average Bonchev–Trinajstić information content (AvgIpc) is 3.39. The number of carboxylic acid groups (broad SMARTS) is 1.